The number of likely N-dealkylation sites (tertiary alicyclic amines) is 1. The van der Waals surface area contributed by atoms with Crippen LogP contribution in [-0.4, -0.2) is 43.9 Å². The fourth-order valence-corrected chi connectivity index (χ4v) is 2.72. The molecule has 0 amide bonds. The number of piperidine rings is 1. The molecule has 17 heavy (non-hydrogen) atoms. The smallest absolute Gasteiger partial charge is 0.108 e. The first kappa shape index (κ1) is 15.2. The lowest BCUT2D eigenvalue weighted by atomic mass is 9.92. The molecule has 2 aliphatic rings. The Hall–Kier alpha value is 0.170. The molecule has 0 spiro atoms. The van der Waals surface area contributed by atoms with E-state index >= 15 is 0 Å². The molecule has 2 aliphatic heterocycles. The SMILES string of the molecule is CCN1CCC(CC2NCC(C)CO2)CC1.Cl. The predicted octanol–water partition coefficient (Wildman–Crippen LogP) is 2.11. The highest BCUT2D eigenvalue weighted by Gasteiger charge is 2.24. The molecule has 2 rings (SSSR count). The van der Waals surface area contributed by atoms with Crippen molar-refractivity contribution in [3.8, 4) is 0 Å². The molecule has 0 radical (unpaired) electrons. The fraction of sp³-hybridized carbons (Fsp3) is 1.00. The quantitative estimate of drug-likeness (QED) is 0.843. The lowest BCUT2D eigenvalue weighted by Crippen LogP contribution is -2.44. The third-order valence-electron chi connectivity index (χ3n) is 3.98. The van der Waals surface area contributed by atoms with Crippen LogP contribution in [-0.2, 0) is 4.74 Å². The van der Waals surface area contributed by atoms with Crippen LogP contribution in [0.3, 0.4) is 0 Å². The van der Waals surface area contributed by atoms with E-state index in [1.807, 2.05) is 0 Å². The molecule has 2 heterocycles. The van der Waals surface area contributed by atoms with Crippen molar-refractivity contribution in [2.45, 2.75) is 39.3 Å². The Morgan fingerprint density at radius 2 is 2.00 bits per heavy atom. The Bertz CT molecular complexity index is 200. The van der Waals surface area contributed by atoms with Gasteiger partial charge in [-0.3, -0.25) is 5.32 Å². The second-order valence-electron chi connectivity index (χ2n) is 5.45. The highest BCUT2D eigenvalue weighted by molar-refractivity contribution is 5.85. The first-order valence-corrected chi connectivity index (χ1v) is 6.85. The predicted molar refractivity (Wildman–Crippen MR) is 73.6 cm³/mol. The molecule has 2 unspecified atom stereocenters. The Balaban J connectivity index is 0.00000144. The molecule has 1 N–H and O–H groups in total. The average Bonchev–Trinajstić information content (AvgIpc) is 2.33. The molecule has 0 bridgehead atoms. The van der Waals surface area contributed by atoms with Gasteiger partial charge in [-0.15, -0.1) is 12.4 Å². The molecule has 0 aliphatic carbocycles. The molecule has 0 aromatic heterocycles. The highest BCUT2D eigenvalue weighted by atomic mass is 35.5. The lowest BCUT2D eigenvalue weighted by Gasteiger charge is -2.35. The number of hydrogen-bond donors (Lipinski definition) is 1. The van der Waals surface area contributed by atoms with E-state index in [1.165, 1.54) is 38.9 Å². The van der Waals surface area contributed by atoms with E-state index in [9.17, 15) is 0 Å². The van der Waals surface area contributed by atoms with Crippen LogP contribution in [0.5, 0.6) is 0 Å². The number of nitrogens with one attached hydrogen (secondary N) is 1. The summed E-state index contributed by atoms with van der Waals surface area (Å²) in [4.78, 5) is 2.55. The zero-order chi connectivity index (χ0) is 11.4. The van der Waals surface area contributed by atoms with Crippen molar-refractivity contribution in [1.29, 1.82) is 0 Å². The van der Waals surface area contributed by atoms with E-state index in [2.05, 4.69) is 24.1 Å². The molecule has 0 saturated carbocycles. The summed E-state index contributed by atoms with van der Waals surface area (Å²) in [5.41, 5.74) is 0. The minimum atomic E-state index is 0. The van der Waals surface area contributed by atoms with E-state index in [1.54, 1.807) is 0 Å². The van der Waals surface area contributed by atoms with Gasteiger partial charge in [-0.1, -0.05) is 13.8 Å². The molecular weight excluding hydrogens is 236 g/mol. The number of ether oxygens (including phenoxy) is 1. The van der Waals surface area contributed by atoms with E-state index in [-0.39, 0.29) is 12.4 Å². The maximum Gasteiger partial charge on any atom is 0.108 e. The zero-order valence-corrected chi connectivity index (χ0v) is 12.0. The molecule has 4 heteroatoms. The van der Waals surface area contributed by atoms with Gasteiger partial charge in [-0.05, 0) is 50.7 Å². The van der Waals surface area contributed by atoms with Crippen LogP contribution < -0.4 is 5.32 Å². The van der Waals surface area contributed by atoms with E-state index in [0.717, 1.165) is 19.1 Å². The maximum atomic E-state index is 5.82. The van der Waals surface area contributed by atoms with E-state index < -0.39 is 0 Å². The minimum absolute atomic E-state index is 0. The molecule has 2 fully saturated rings. The van der Waals surface area contributed by atoms with Gasteiger partial charge in [0.2, 0.25) is 0 Å². The Labute approximate surface area is 112 Å². The van der Waals surface area contributed by atoms with Gasteiger partial charge in [0.15, 0.2) is 0 Å². The summed E-state index contributed by atoms with van der Waals surface area (Å²) in [5.74, 6) is 1.55. The third-order valence-corrected chi connectivity index (χ3v) is 3.98. The van der Waals surface area contributed by atoms with Crippen molar-refractivity contribution in [2.24, 2.45) is 11.8 Å². The van der Waals surface area contributed by atoms with E-state index in [0.29, 0.717) is 12.1 Å². The van der Waals surface area contributed by atoms with Crippen molar-refractivity contribution in [2.75, 3.05) is 32.8 Å². The van der Waals surface area contributed by atoms with E-state index in [4.69, 9.17) is 4.74 Å². The topological polar surface area (TPSA) is 24.5 Å². The van der Waals surface area contributed by atoms with Gasteiger partial charge < -0.3 is 9.64 Å². The fourth-order valence-electron chi connectivity index (χ4n) is 2.72. The highest BCUT2D eigenvalue weighted by Crippen LogP contribution is 2.23. The molecule has 102 valence electrons. The number of nitrogens with zero attached hydrogens (tertiary/aromatic N) is 1. The number of rotatable bonds is 3. The molecule has 3 nitrogen and oxygen atoms in total. The summed E-state index contributed by atoms with van der Waals surface area (Å²) >= 11 is 0. The number of hydrogen-bond acceptors (Lipinski definition) is 3. The van der Waals surface area contributed by atoms with Gasteiger partial charge in [0.1, 0.15) is 6.23 Å². The molecule has 2 atom stereocenters. The summed E-state index contributed by atoms with van der Waals surface area (Å²) in [6, 6.07) is 0. The normalized spacial score (nSPS) is 32.1. The van der Waals surface area contributed by atoms with Crippen molar-refractivity contribution in [3.63, 3.8) is 0 Å². The second kappa shape index (κ2) is 7.57. The van der Waals surface area contributed by atoms with Gasteiger partial charge in [-0.25, -0.2) is 0 Å². The Morgan fingerprint density at radius 3 is 2.53 bits per heavy atom. The van der Waals surface area contributed by atoms with Gasteiger partial charge >= 0.3 is 0 Å². The van der Waals surface area contributed by atoms with Crippen LogP contribution in [0.15, 0.2) is 0 Å². The van der Waals surface area contributed by atoms with Crippen molar-refractivity contribution >= 4 is 12.4 Å². The summed E-state index contributed by atoms with van der Waals surface area (Å²) in [7, 11) is 0. The largest absolute Gasteiger partial charge is 0.363 e. The standard InChI is InChI=1S/C13H26N2O.ClH/c1-3-15-6-4-12(5-7-15)8-13-14-9-11(2)10-16-13;/h11-14H,3-10H2,1-2H3;1H. The molecule has 0 aromatic carbocycles. The lowest BCUT2D eigenvalue weighted by molar-refractivity contribution is -0.0401. The van der Waals surface area contributed by atoms with Gasteiger partial charge in [0.05, 0.1) is 6.61 Å². The Morgan fingerprint density at radius 1 is 1.29 bits per heavy atom. The first-order chi connectivity index (χ1) is 7.78. The second-order valence-corrected chi connectivity index (χ2v) is 5.45. The summed E-state index contributed by atoms with van der Waals surface area (Å²) < 4.78 is 5.82. The van der Waals surface area contributed by atoms with Crippen LogP contribution in [0.25, 0.3) is 0 Å². The Kier molecular flexibility index (Phi) is 6.78. The average molecular weight is 263 g/mol. The zero-order valence-electron chi connectivity index (χ0n) is 11.2. The van der Waals surface area contributed by atoms with Crippen LogP contribution in [0.2, 0.25) is 0 Å². The molecular formula is C13H27ClN2O. The first-order valence-electron chi connectivity index (χ1n) is 6.85. The summed E-state index contributed by atoms with van der Waals surface area (Å²) in [5, 5.41) is 3.51. The van der Waals surface area contributed by atoms with Crippen molar-refractivity contribution < 1.29 is 4.74 Å². The van der Waals surface area contributed by atoms with Crippen LogP contribution in [0.4, 0.5) is 0 Å². The third kappa shape index (κ3) is 4.74. The molecule has 0 aromatic rings. The monoisotopic (exact) mass is 262 g/mol. The molecule has 2 saturated heterocycles. The summed E-state index contributed by atoms with van der Waals surface area (Å²) in [6.07, 6.45) is 4.24. The van der Waals surface area contributed by atoms with Gasteiger partial charge in [0.25, 0.3) is 0 Å². The summed E-state index contributed by atoms with van der Waals surface area (Å²) in [6.45, 7) is 10.3. The van der Waals surface area contributed by atoms with Gasteiger partial charge in [-0.2, -0.15) is 0 Å². The van der Waals surface area contributed by atoms with Crippen LogP contribution in [0.1, 0.15) is 33.1 Å². The minimum Gasteiger partial charge on any atom is -0.363 e. The number of halogens is 1. The van der Waals surface area contributed by atoms with Crippen molar-refractivity contribution in [3.05, 3.63) is 0 Å². The van der Waals surface area contributed by atoms with Crippen molar-refractivity contribution in [1.82, 2.24) is 10.2 Å². The maximum absolute atomic E-state index is 5.82. The van der Waals surface area contributed by atoms with Crippen LogP contribution in [0, 0.1) is 11.8 Å². The van der Waals surface area contributed by atoms with Crippen LogP contribution >= 0.6 is 12.4 Å². The van der Waals surface area contributed by atoms with Gasteiger partial charge in [0, 0.05) is 6.54 Å².